The molecule has 44 valence electrons. The van der Waals surface area contributed by atoms with Gasteiger partial charge in [-0.15, -0.1) is 0 Å². The molecule has 0 fully saturated rings. The number of hydrogen-bond acceptors (Lipinski definition) is 1. The third kappa shape index (κ3) is 1.30. The van der Waals surface area contributed by atoms with E-state index in [0.29, 0.717) is 0 Å². The minimum atomic E-state index is -0.389. The maximum Gasteiger partial charge on any atom is 0.130 e. The van der Waals surface area contributed by atoms with E-state index in [4.69, 9.17) is 11.6 Å². The van der Waals surface area contributed by atoms with Crippen molar-refractivity contribution in [3.05, 3.63) is 11.9 Å². The lowest BCUT2D eigenvalue weighted by Gasteiger charge is -2.03. The van der Waals surface area contributed by atoms with Crippen molar-refractivity contribution in [3.63, 3.8) is 0 Å². The van der Waals surface area contributed by atoms with E-state index in [1.165, 1.54) is 12.3 Å². The summed E-state index contributed by atoms with van der Waals surface area (Å²) in [4.78, 5) is 3.70. The lowest BCUT2D eigenvalue weighted by Crippen LogP contribution is -1.98. The summed E-state index contributed by atoms with van der Waals surface area (Å²) in [6.07, 6.45) is 2.94. The molecule has 0 radical (unpaired) electrons. The number of rotatable bonds is 0. The van der Waals surface area contributed by atoms with Crippen LogP contribution in [0.25, 0.3) is 0 Å². The van der Waals surface area contributed by atoms with Crippen molar-refractivity contribution in [2.24, 2.45) is 4.99 Å². The van der Waals surface area contributed by atoms with Crippen LogP contribution in [-0.2, 0) is 0 Å². The Morgan fingerprint density at radius 1 is 1.88 bits per heavy atom. The molecule has 1 atom stereocenters. The van der Waals surface area contributed by atoms with Gasteiger partial charge in [0.05, 0.1) is 0 Å². The minimum Gasteiger partial charge on any atom is -0.273 e. The second-order valence-electron chi connectivity index (χ2n) is 1.55. The smallest absolute Gasteiger partial charge is 0.130 e. The van der Waals surface area contributed by atoms with Gasteiger partial charge in [-0.1, -0.05) is 11.6 Å². The molecule has 8 heavy (non-hydrogen) atoms. The zero-order chi connectivity index (χ0) is 5.98. The molecule has 1 heterocycles. The van der Waals surface area contributed by atoms with Gasteiger partial charge in [0, 0.05) is 12.6 Å². The van der Waals surface area contributed by atoms with Crippen molar-refractivity contribution in [1.82, 2.24) is 0 Å². The predicted octanol–water partition coefficient (Wildman–Crippen LogP) is 1.88. The van der Waals surface area contributed by atoms with Crippen LogP contribution in [0.1, 0.15) is 6.42 Å². The number of allylic oxidation sites excluding steroid dienone is 1. The molecule has 0 spiro atoms. The quantitative estimate of drug-likeness (QED) is 0.354. The van der Waals surface area contributed by atoms with Crippen LogP contribution in [0.3, 0.4) is 0 Å². The standard InChI is InChI=1S/C5H5ClFN/c6-5-3-4(7)1-2-8-5/h1-2,5H,3H2. The van der Waals surface area contributed by atoms with E-state index in [1.54, 1.807) is 0 Å². The van der Waals surface area contributed by atoms with E-state index >= 15 is 0 Å². The van der Waals surface area contributed by atoms with Crippen molar-refractivity contribution in [2.75, 3.05) is 0 Å². The fourth-order valence-electron chi connectivity index (χ4n) is 0.499. The van der Waals surface area contributed by atoms with Crippen LogP contribution < -0.4 is 0 Å². The first-order chi connectivity index (χ1) is 3.79. The van der Waals surface area contributed by atoms with Gasteiger partial charge in [0.1, 0.15) is 11.3 Å². The molecule has 0 N–H and O–H groups in total. The largest absolute Gasteiger partial charge is 0.273 e. The van der Waals surface area contributed by atoms with Crippen molar-refractivity contribution in [2.45, 2.75) is 11.9 Å². The lowest BCUT2D eigenvalue weighted by atomic mass is 10.3. The van der Waals surface area contributed by atoms with Crippen LogP contribution in [0.4, 0.5) is 4.39 Å². The Bertz CT molecular complexity index is 141. The molecule has 0 bridgehead atoms. The second kappa shape index (κ2) is 2.27. The average molecular weight is 134 g/mol. The van der Waals surface area contributed by atoms with Gasteiger partial charge >= 0.3 is 0 Å². The van der Waals surface area contributed by atoms with Crippen molar-refractivity contribution in [3.8, 4) is 0 Å². The summed E-state index contributed by atoms with van der Waals surface area (Å²) < 4.78 is 12.1. The Labute approximate surface area is 51.9 Å². The summed E-state index contributed by atoms with van der Waals surface area (Å²) in [5.41, 5.74) is -0.389. The summed E-state index contributed by atoms with van der Waals surface area (Å²) >= 11 is 5.43. The average Bonchev–Trinajstić information content (AvgIpc) is 1.64. The Hall–Kier alpha value is -0.370. The van der Waals surface area contributed by atoms with Gasteiger partial charge in [0.15, 0.2) is 0 Å². The minimum absolute atomic E-state index is 0.194. The molecular formula is C5H5ClFN. The number of dihydropyridines is 1. The van der Waals surface area contributed by atoms with Gasteiger partial charge in [0.25, 0.3) is 0 Å². The SMILES string of the molecule is FC1=CC=NC(Cl)C1. The second-order valence-corrected chi connectivity index (χ2v) is 2.05. The highest BCUT2D eigenvalue weighted by Gasteiger charge is 2.06. The zero-order valence-corrected chi connectivity index (χ0v) is 4.90. The molecule has 1 unspecified atom stereocenters. The number of hydrogen-bond donors (Lipinski definition) is 0. The molecule has 0 aromatic heterocycles. The van der Waals surface area contributed by atoms with Crippen molar-refractivity contribution < 1.29 is 4.39 Å². The highest BCUT2D eigenvalue weighted by Crippen LogP contribution is 2.15. The molecular weight excluding hydrogens is 129 g/mol. The van der Waals surface area contributed by atoms with Gasteiger partial charge in [-0.05, 0) is 6.08 Å². The normalized spacial score (nSPS) is 27.8. The predicted molar refractivity (Wildman–Crippen MR) is 31.9 cm³/mol. The molecule has 0 aliphatic carbocycles. The van der Waals surface area contributed by atoms with Crippen LogP contribution in [0.15, 0.2) is 16.9 Å². The monoisotopic (exact) mass is 133 g/mol. The Morgan fingerprint density at radius 2 is 2.62 bits per heavy atom. The molecule has 0 aromatic rings. The molecule has 0 amide bonds. The summed E-state index contributed by atoms with van der Waals surface area (Å²) in [5, 5.41) is 0. The Morgan fingerprint density at radius 3 is 3.00 bits per heavy atom. The van der Waals surface area contributed by atoms with Gasteiger partial charge in [-0.25, -0.2) is 4.39 Å². The molecule has 0 saturated heterocycles. The summed E-state index contributed by atoms with van der Waals surface area (Å²) in [5.74, 6) is -0.194. The summed E-state index contributed by atoms with van der Waals surface area (Å²) in [6.45, 7) is 0. The number of halogens is 2. The third-order valence-corrected chi connectivity index (χ3v) is 1.13. The molecule has 1 aliphatic rings. The molecule has 1 aliphatic heterocycles. The lowest BCUT2D eigenvalue weighted by molar-refractivity contribution is 0.579. The summed E-state index contributed by atoms with van der Waals surface area (Å²) in [6, 6.07) is 0. The van der Waals surface area contributed by atoms with Gasteiger partial charge in [0.2, 0.25) is 0 Å². The van der Waals surface area contributed by atoms with Crippen LogP contribution in [-0.4, -0.2) is 11.7 Å². The number of nitrogens with zero attached hydrogens (tertiary/aromatic N) is 1. The molecule has 3 heteroatoms. The highest BCUT2D eigenvalue weighted by atomic mass is 35.5. The zero-order valence-electron chi connectivity index (χ0n) is 4.14. The maximum absolute atomic E-state index is 12.1. The van der Waals surface area contributed by atoms with Crippen LogP contribution in [0.5, 0.6) is 0 Å². The van der Waals surface area contributed by atoms with E-state index < -0.39 is 0 Å². The van der Waals surface area contributed by atoms with Crippen LogP contribution in [0.2, 0.25) is 0 Å². The van der Waals surface area contributed by atoms with Crippen LogP contribution in [0, 0.1) is 0 Å². The topological polar surface area (TPSA) is 12.4 Å². The first-order valence-electron chi connectivity index (χ1n) is 2.31. The molecule has 0 saturated carbocycles. The Balaban J connectivity index is 2.59. The van der Waals surface area contributed by atoms with Gasteiger partial charge in [-0.3, -0.25) is 4.99 Å². The van der Waals surface area contributed by atoms with Crippen molar-refractivity contribution >= 4 is 17.8 Å². The third-order valence-electron chi connectivity index (χ3n) is 0.867. The first kappa shape index (κ1) is 5.76. The van der Waals surface area contributed by atoms with E-state index in [-0.39, 0.29) is 17.7 Å². The summed E-state index contributed by atoms with van der Waals surface area (Å²) in [7, 11) is 0. The number of aliphatic imine (C=N–C) groups is 1. The van der Waals surface area contributed by atoms with Gasteiger partial charge in [-0.2, -0.15) is 0 Å². The van der Waals surface area contributed by atoms with E-state index in [2.05, 4.69) is 4.99 Å². The van der Waals surface area contributed by atoms with E-state index in [1.807, 2.05) is 0 Å². The fraction of sp³-hybridized carbons (Fsp3) is 0.400. The molecule has 0 aromatic carbocycles. The fourth-order valence-corrected chi connectivity index (χ4v) is 0.711. The number of alkyl halides is 1. The van der Waals surface area contributed by atoms with E-state index in [0.717, 1.165) is 0 Å². The van der Waals surface area contributed by atoms with Gasteiger partial charge < -0.3 is 0 Å². The maximum atomic E-state index is 12.1. The Kier molecular flexibility index (Phi) is 1.63. The van der Waals surface area contributed by atoms with Crippen molar-refractivity contribution in [1.29, 1.82) is 0 Å². The van der Waals surface area contributed by atoms with E-state index in [9.17, 15) is 4.39 Å². The van der Waals surface area contributed by atoms with Crippen LogP contribution >= 0.6 is 11.6 Å². The molecule has 1 rings (SSSR count). The molecule has 1 nitrogen and oxygen atoms in total. The first-order valence-corrected chi connectivity index (χ1v) is 2.74. The highest BCUT2D eigenvalue weighted by molar-refractivity contribution is 6.21.